The molecule has 5 heteroatoms. The van der Waals surface area contributed by atoms with Gasteiger partial charge in [-0.3, -0.25) is 4.79 Å². The first-order valence-electron chi connectivity index (χ1n) is 8.07. The number of phenols is 1. The van der Waals surface area contributed by atoms with Gasteiger partial charge in [0.05, 0.1) is 7.11 Å². The highest BCUT2D eigenvalue weighted by Crippen LogP contribution is 2.34. The predicted molar refractivity (Wildman–Crippen MR) is 100 cm³/mol. The highest BCUT2D eigenvalue weighted by molar-refractivity contribution is 5.77. The van der Waals surface area contributed by atoms with Crippen LogP contribution in [0.4, 0.5) is 0 Å². The molecule has 2 aromatic carbocycles. The number of aromatic amines is 1. The van der Waals surface area contributed by atoms with Gasteiger partial charge in [-0.15, -0.1) is 0 Å². The van der Waals surface area contributed by atoms with Gasteiger partial charge in [0.25, 0.3) is 5.56 Å². The van der Waals surface area contributed by atoms with Crippen molar-refractivity contribution in [1.82, 2.24) is 4.98 Å². The van der Waals surface area contributed by atoms with E-state index in [2.05, 4.69) is 4.98 Å². The van der Waals surface area contributed by atoms with Gasteiger partial charge in [-0.25, -0.2) is 0 Å². The molecule has 3 rings (SSSR count). The van der Waals surface area contributed by atoms with Gasteiger partial charge in [-0.2, -0.15) is 5.26 Å². The van der Waals surface area contributed by atoms with E-state index in [1.165, 1.54) is 13.2 Å². The molecular weight excluding hydrogens is 328 g/mol. The fourth-order valence-corrected chi connectivity index (χ4v) is 2.91. The summed E-state index contributed by atoms with van der Waals surface area (Å²) in [6.07, 6.45) is 0. The number of nitrogens with one attached hydrogen (secondary N) is 1. The van der Waals surface area contributed by atoms with E-state index in [1.54, 1.807) is 18.2 Å². The molecule has 2 N–H and O–H groups in total. The first kappa shape index (κ1) is 17.3. The number of hydrogen-bond donors (Lipinski definition) is 2. The number of aromatic hydroxyl groups is 1. The third-order valence-corrected chi connectivity index (χ3v) is 4.32. The average molecular weight is 346 g/mol. The van der Waals surface area contributed by atoms with Gasteiger partial charge in [-0.05, 0) is 49.2 Å². The van der Waals surface area contributed by atoms with Crippen LogP contribution < -0.4 is 10.3 Å². The molecule has 0 spiro atoms. The maximum atomic E-state index is 12.5. The number of hydrogen-bond acceptors (Lipinski definition) is 4. The largest absolute Gasteiger partial charge is 0.504 e. The topological polar surface area (TPSA) is 86.1 Å². The fourth-order valence-electron chi connectivity index (χ4n) is 2.91. The molecule has 0 unspecified atom stereocenters. The standard InChI is InChI=1S/C21H18N2O3/c1-12-4-5-13(2)15(8-12)18-10-16(17(11-22)21(25)23-18)14-6-7-19(24)20(9-14)26-3/h4-10,24H,1-3H3,(H,23,25). The van der Waals surface area contributed by atoms with E-state index < -0.39 is 5.56 Å². The monoisotopic (exact) mass is 346 g/mol. The van der Waals surface area contributed by atoms with Gasteiger partial charge in [0, 0.05) is 16.8 Å². The van der Waals surface area contributed by atoms with E-state index >= 15 is 0 Å². The summed E-state index contributed by atoms with van der Waals surface area (Å²) in [4.78, 5) is 15.3. The SMILES string of the molecule is COc1cc(-c2cc(-c3cc(C)ccc3C)[nH]c(=O)c2C#N)ccc1O. The molecule has 26 heavy (non-hydrogen) atoms. The summed E-state index contributed by atoms with van der Waals surface area (Å²) in [7, 11) is 1.45. The summed E-state index contributed by atoms with van der Waals surface area (Å²) in [6, 6.07) is 14.5. The number of H-pyrrole nitrogens is 1. The zero-order valence-corrected chi connectivity index (χ0v) is 14.8. The third-order valence-electron chi connectivity index (χ3n) is 4.32. The first-order chi connectivity index (χ1) is 12.4. The van der Waals surface area contributed by atoms with Crippen molar-refractivity contribution >= 4 is 0 Å². The van der Waals surface area contributed by atoms with Crippen LogP contribution in [0.25, 0.3) is 22.4 Å². The molecule has 0 bridgehead atoms. The summed E-state index contributed by atoms with van der Waals surface area (Å²) in [5.41, 5.74) is 4.31. The summed E-state index contributed by atoms with van der Waals surface area (Å²) in [5, 5.41) is 19.3. The molecule has 0 aliphatic heterocycles. The number of methoxy groups -OCH3 is 1. The smallest absolute Gasteiger partial charge is 0.266 e. The Morgan fingerprint density at radius 1 is 1.08 bits per heavy atom. The number of benzene rings is 2. The summed E-state index contributed by atoms with van der Waals surface area (Å²) < 4.78 is 5.14. The van der Waals surface area contributed by atoms with E-state index in [0.29, 0.717) is 16.8 Å². The van der Waals surface area contributed by atoms with E-state index in [1.807, 2.05) is 38.1 Å². The average Bonchev–Trinajstić information content (AvgIpc) is 2.63. The van der Waals surface area contributed by atoms with Gasteiger partial charge < -0.3 is 14.8 Å². The Labute approximate surface area is 151 Å². The van der Waals surface area contributed by atoms with Gasteiger partial charge >= 0.3 is 0 Å². The molecule has 0 aliphatic carbocycles. The number of nitriles is 1. The number of ether oxygens (including phenoxy) is 1. The maximum absolute atomic E-state index is 12.5. The highest BCUT2D eigenvalue weighted by Gasteiger charge is 2.15. The second kappa shape index (κ2) is 6.77. The van der Waals surface area contributed by atoms with Crippen molar-refractivity contribution in [1.29, 1.82) is 5.26 Å². The zero-order chi connectivity index (χ0) is 18.8. The Kier molecular flexibility index (Phi) is 4.51. The number of aromatic nitrogens is 1. The van der Waals surface area contributed by atoms with Gasteiger partial charge in [0.15, 0.2) is 11.5 Å². The molecule has 0 saturated heterocycles. The minimum absolute atomic E-state index is 0.00523. The molecule has 0 atom stereocenters. The Balaban J connectivity index is 2.29. The minimum atomic E-state index is -0.451. The molecular formula is C21H18N2O3. The number of rotatable bonds is 3. The van der Waals surface area contributed by atoms with Crippen LogP contribution in [0.15, 0.2) is 47.3 Å². The van der Waals surface area contributed by atoms with Crippen LogP contribution in [0.2, 0.25) is 0 Å². The third kappa shape index (κ3) is 3.05. The maximum Gasteiger partial charge on any atom is 0.266 e. The number of pyridine rings is 1. The molecule has 5 nitrogen and oxygen atoms in total. The van der Waals surface area contributed by atoms with Crippen molar-refractivity contribution in [2.75, 3.05) is 7.11 Å². The molecule has 0 radical (unpaired) electrons. The van der Waals surface area contributed by atoms with Crippen LogP contribution >= 0.6 is 0 Å². The molecule has 3 aromatic rings. The van der Waals surface area contributed by atoms with Crippen LogP contribution in [0.3, 0.4) is 0 Å². The van der Waals surface area contributed by atoms with Crippen molar-refractivity contribution in [2.24, 2.45) is 0 Å². The second-order valence-electron chi connectivity index (χ2n) is 6.12. The lowest BCUT2D eigenvalue weighted by Gasteiger charge is -2.12. The second-order valence-corrected chi connectivity index (χ2v) is 6.12. The molecule has 1 heterocycles. The lowest BCUT2D eigenvalue weighted by Crippen LogP contribution is -2.13. The predicted octanol–water partition coefficient (Wildman–Crippen LogP) is 3.91. The zero-order valence-electron chi connectivity index (χ0n) is 14.8. The summed E-state index contributed by atoms with van der Waals surface area (Å²) in [6.45, 7) is 3.95. The van der Waals surface area contributed by atoms with Crippen molar-refractivity contribution < 1.29 is 9.84 Å². The van der Waals surface area contributed by atoms with Crippen LogP contribution in [-0.2, 0) is 0 Å². The van der Waals surface area contributed by atoms with Crippen LogP contribution in [0.5, 0.6) is 11.5 Å². The summed E-state index contributed by atoms with van der Waals surface area (Å²) >= 11 is 0. The van der Waals surface area contributed by atoms with E-state index in [-0.39, 0.29) is 17.1 Å². The lowest BCUT2D eigenvalue weighted by atomic mass is 9.96. The van der Waals surface area contributed by atoms with Crippen molar-refractivity contribution in [2.45, 2.75) is 13.8 Å². The lowest BCUT2D eigenvalue weighted by molar-refractivity contribution is 0.373. The Morgan fingerprint density at radius 2 is 1.85 bits per heavy atom. The van der Waals surface area contributed by atoms with Gasteiger partial charge in [0.1, 0.15) is 11.6 Å². The molecule has 0 aliphatic rings. The molecule has 0 fully saturated rings. The quantitative estimate of drug-likeness (QED) is 0.753. The van der Waals surface area contributed by atoms with E-state index in [9.17, 15) is 15.2 Å². The molecule has 1 aromatic heterocycles. The number of nitrogens with zero attached hydrogens (tertiary/aromatic N) is 1. The highest BCUT2D eigenvalue weighted by atomic mass is 16.5. The Hall–Kier alpha value is -3.52. The minimum Gasteiger partial charge on any atom is -0.504 e. The number of phenolic OH excluding ortho intramolecular Hbond substituents is 1. The fraction of sp³-hybridized carbons (Fsp3) is 0.143. The first-order valence-corrected chi connectivity index (χ1v) is 8.07. The molecule has 0 saturated carbocycles. The Bertz CT molecular complexity index is 1090. The van der Waals surface area contributed by atoms with Crippen LogP contribution in [-0.4, -0.2) is 17.2 Å². The van der Waals surface area contributed by atoms with Crippen molar-refractivity contribution in [3.8, 4) is 40.0 Å². The van der Waals surface area contributed by atoms with Crippen molar-refractivity contribution in [3.05, 3.63) is 69.5 Å². The number of aryl methyl sites for hydroxylation is 2. The van der Waals surface area contributed by atoms with E-state index in [4.69, 9.17) is 4.74 Å². The van der Waals surface area contributed by atoms with Crippen molar-refractivity contribution in [3.63, 3.8) is 0 Å². The summed E-state index contributed by atoms with van der Waals surface area (Å²) in [5.74, 6) is 0.273. The Morgan fingerprint density at radius 3 is 2.54 bits per heavy atom. The molecule has 130 valence electrons. The molecule has 0 amide bonds. The van der Waals surface area contributed by atoms with E-state index in [0.717, 1.165) is 16.7 Å². The normalized spacial score (nSPS) is 10.4. The van der Waals surface area contributed by atoms with Crippen LogP contribution in [0.1, 0.15) is 16.7 Å². The van der Waals surface area contributed by atoms with Gasteiger partial charge in [0.2, 0.25) is 0 Å². The van der Waals surface area contributed by atoms with Crippen LogP contribution in [0, 0.1) is 25.2 Å². The van der Waals surface area contributed by atoms with Gasteiger partial charge in [-0.1, -0.05) is 23.8 Å².